The molecule has 0 atom stereocenters. The largest absolute Gasteiger partial charge is 0.298 e. The van der Waals surface area contributed by atoms with Crippen molar-refractivity contribution in [2.24, 2.45) is 0 Å². The van der Waals surface area contributed by atoms with Crippen LogP contribution in [0, 0.1) is 4.77 Å². The summed E-state index contributed by atoms with van der Waals surface area (Å²) in [7, 11) is 0. The Kier molecular flexibility index (Phi) is 2.91. The summed E-state index contributed by atoms with van der Waals surface area (Å²) in [5.41, 5.74) is 2.01. The highest BCUT2D eigenvalue weighted by atomic mass is 32.1. The van der Waals surface area contributed by atoms with Crippen molar-refractivity contribution in [3.05, 3.63) is 41.3 Å². The molecule has 5 heteroatoms. The number of H-pyrrole nitrogens is 1. The maximum Gasteiger partial charge on any atom is 0.195 e. The molecule has 0 aliphatic carbocycles. The molecule has 0 amide bonds. The van der Waals surface area contributed by atoms with Crippen LogP contribution < -0.4 is 0 Å². The smallest absolute Gasteiger partial charge is 0.195 e. The first-order valence-corrected chi connectivity index (χ1v) is 6.60. The number of aromatic nitrogens is 4. The van der Waals surface area contributed by atoms with Gasteiger partial charge in [0.2, 0.25) is 0 Å². The van der Waals surface area contributed by atoms with Crippen molar-refractivity contribution < 1.29 is 0 Å². The number of rotatable bonds is 2. The summed E-state index contributed by atoms with van der Waals surface area (Å²) in [4.78, 5) is 4.38. The van der Waals surface area contributed by atoms with Gasteiger partial charge in [-0.15, -0.1) is 0 Å². The van der Waals surface area contributed by atoms with Crippen molar-refractivity contribution in [2.45, 2.75) is 19.9 Å². The Morgan fingerprint density at radius 1 is 1.21 bits per heavy atom. The van der Waals surface area contributed by atoms with Gasteiger partial charge in [-0.25, -0.2) is 0 Å². The van der Waals surface area contributed by atoms with E-state index in [-0.39, 0.29) is 6.04 Å². The highest BCUT2D eigenvalue weighted by Gasteiger charge is 2.13. The van der Waals surface area contributed by atoms with E-state index in [2.05, 4.69) is 35.1 Å². The third-order valence-electron chi connectivity index (χ3n) is 3.11. The van der Waals surface area contributed by atoms with E-state index in [9.17, 15) is 0 Å². The van der Waals surface area contributed by atoms with E-state index in [1.165, 1.54) is 0 Å². The number of nitrogens with zero attached hydrogens (tertiary/aromatic N) is 3. The third kappa shape index (κ3) is 1.96. The maximum atomic E-state index is 5.30. The third-order valence-corrected chi connectivity index (χ3v) is 3.40. The Morgan fingerprint density at radius 2 is 2.00 bits per heavy atom. The van der Waals surface area contributed by atoms with E-state index in [0.717, 1.165) is 22.3 Å². The predicted octanol–water partition coefficient (Wildman–Crippen LogP) is 3.74. The van der Waals surface area contributed by atoms with Crippen LogP contribution >= 0.6 is 12.2 Å². The van der Waals surface area contributed by atoms with Crippen LogP contribution in [0.25, 0.3) is 22.3 Å². The molecular formula is C14H14N4S. The number of para-hydroxylation sites is 1. The van der Waals surface area contributed by atoms with Gasteiger partial charge in [0.15, 0.2) is 10.6 Å². The fourth-order valence-electron chi connectivity index (χ4n) is 2.26. The number of hydrogen-bond acceptors (Lipinski definition) is 3. The summed E-state index contributed by atoms with van der Waals surface area (Å²) in [6, 6.07) is 10.3. The first kappa shape index (κ1) is 12.0. The fraction of sp³-hybridized carbons (Fsp3) is 0.214. The lowest BCUT2D eigenvalue weighted by atomic mass is 10.1. The van der Waals surface area contributed by atoms with Crippen LogP contribution in [0.2, 0.25) is 0 Å². The van der Waals surface area contributed by atoms with Gasteiger partial charge < -0.3 is 0 Å². The molecular weight excluding hydrogens is 256 g/mol. The fourth-order valence-corrected chi connectivity index (χ4v) is 2.61. The number of nitrogens with one attached hydrogen (secondary N) is 1. The zero-order chi connectivity index (χ0) is 13.4. The van der Waals surface area contributed by atoms with E-state index in [1.807, 2.05) is 28.8 Å². The molecule has 0 saturated heterocycles. The molecule has 0 fully saturated rings. The number of fused-ring (bicyclic) bond motifs is 1. The quantitative estimate of drug-likeness (QED) is 0.722. The first-order chi connectivity index (χ1) is 9.18. The summed E-state index contributed by atoms with van der Waals surface area (Å²) in [5.74, 6) is 0.860. The number of benzene rings is 1. The van der Waals surface area contributed by atoms with Crippen LogP contribution in [0.1, 0.15) is 19.9 Å². The maximum absolute atomic E-state index is 5.30. The second-order valence-electron chi connectivity index (χ2n) is 4.69. The average Bonchev–Trinajstić information content (AvgIpc) is 2.80. The molecule has 1 aromatic carbocycles. The van der Waals surface area contributed by atoms with Crippen molar-refractivity contribution in [3.63, 3.8) is 0 Å². The Hall–Kier alpha value is -2.01. The second kappa shape index (κ2) is 4.59. The molecule has 0 radical (unpaired) electrons. The number of pyridine rings is 1. The van der Waals surface area contributed by atoms with Crippen molar-refractivity contribution in [2.75, 3.05) is 0 Å². The van der Waals surface area contributed by atoms with Gasteiger partial charge in [-0.05, 0) is 38.2 Å². The molecule has 3 aromatic rings. The molecule has 0 bridgehead atoms. The Morgan fingerprint density at radius 3 is 2.79 bits per heavy atom. The molecule has 19 heavy (non-hydrogen) atoms. The van der Waals surface area contributed by atoms with Crippen molar-refractivity contribution >= 4 is 23.1 Å². The predicted molar refractivity (Wildman–Crippen MR) is 78.5 cm³/mol. The molecule has 2 aromatic heterocycles. The van der Waals surface area contributed by atoms with E-state index in [1.54, 1.807) is 6.20 Å². The molecule has 0 aliphatic rings. The van der Waals surface area contributed by atoms with E-state index in [4.69, 9.17) is 12.2 Å². The SMILES string of the molecule is CC(C)n1c(-c2ccnc3ccccc23)n[nH]c1=S. The highest BCUT2D eigenvalue weighted by molar-refractivity contribution is 7.71. The normalized spacial score (nSPS) is 11.3. The average molecular weight is 270 g/mol. The molecule has 4 nitrogen and oxygen atoms in total. The van der Waals surface area contributed by atoms with Crippen LogP contribution in [-0.4, -0.2) is 19.7 Å². The zero-order valence-corrected chi connectivity index (χ0v) is 11.6. The van der Waals surface area contributed by atoms with Crippen molar-refractivity contribution in [1.82, 2.24) is 19.7 Å². The van der Waals surface area contributed by atoms with Gasteiger partial charge in [-0.2, -0.15) is 5.10 Å². The topological polar surface area (TPSA) is 46.5 Å². The van der Waals surface area contributed by atoms with Crippen molar-refractivity contribution in [1.29, 1.82) is 0 Å². The lowest BCUT2D eigenvalue weighted by molar-refractivity contribution is 0.597. The number of hydrogen-bond donors (Lipinski definition) is 1. The summed E-state index contributed by atoms with van der Waals surface area (Å²) in [5, 5.41) is 8.34. The van der Waals surface area contributed by atoms with Gasteiger partial charge in [0.05, 0.1) is 5.52 Å². The van der Waals surface area contributed by atoms with E-state index >= 15 is 0 Å². The summed E-state index contributed by atoms with van der Waals surface area (Å²) in [6.45, 7) is 4.19. The standard InChI is InChI=1S/C14H14N4S/c1-9(2)18-13(16-17-14(18)19)11-7-8-15-12-6-4-3-5-10(11)12/h3-9H,1-2H3,(H,17,19). The van der Waals surface area contributed by atoms with Gasteiger partial charge in [0.25, 0.3) is 0 Å². The second-order valence-corrected chi connectivity index (χ2v) is 5.08. The molecule has 2 heterocycles. The van der Waals surface area contributed by atoms with Crippen LogP contribution in [0.4, 0.5) is 0 Å². The minimum absolute atomic E-state index is 0.258. The lowest BCUT2D eigenvalue weighted by Crippen LogP contribution is -2.03. The van der Waals surface area contributed by atoms with Gasteiger partial charge in [-0.3, -0.25) is 14.6 Å². The Labute approximate surface area is 116 Å². The van der Waals surface area contributed by atoms with Crippen molar-refractivity contribution in [3.8, 4) is 11.4 Å². The first-order valence-electron chi connectivity index (χ1n) is 6.19. The van der Waals surface area contributed by atoms with E-state index in [0.29, 0.717) is 4.77 Å². The summed E-state index contributed by atoms with van der Waals surface area (Å²) in [6.07, 6.45) is 1.81. The molecule has 96 valence electrons. The minimum Gasteiger partial charge on any atom is -0.298 e. The van der Waals surface area contributed by atoms with Gasteiger partial charge in [0.1, 0.15) is 0 Å². The van der Waals surface area contributed by atoms with Gasteiger partial charge in [0, 0.05) is 23.2 Å². The minimum atomic E-state index is 0.258. The Balaban J connectivity index is 2.34. The monoisotopic (exact) mass is 270 g/mol. The van der Waals surface area contributed by atoms with Gasteiger partial charge >= 0.3 is 0 Å². The zero-order valence-electron chi connectivity index (χ0n) is 10.8. The highest BCUT2D eigenvalue weighted by Crippen LogP contribution is 2.27. The van der Waals surface area contributed by atoms with Crippen LogP contribution in [-0.2, 0) is 0 Å². The molecule has 0 unspecified atom stereocenters. The summed E-state index contributed by atoms with van der Waals surface area (Å²) < 4.78 is 2.67. The molecule has 0 aliphatic heterocycles. The summed E-state index contributed by atoms with van der Waals surface area (Å²) >= 11 is 5.30. The molecule has 1 N–H and O–H groups in total. The molecule has 3 rings (SSSR count). The van der Waals surface area contributed by atoms with Crippen LogP contribution in [0.3, 0.4) is 0 Å². The van der Waals surface area contributed by atoms with E-state index < -0.39 is 0 Å². The molecule has 0 spiro atoms. The Bertz CT molecular complexity index is 780. The van der Waals surface area contributed by atoms with Crippen LogP contribution in [0.5, 0.6) is 0 Å². The molecule has 0 saturated carbocycles. The number of aromatic amines is 1. The van der Waals surface area contributed by atoms with Gasteiger partial charge in [-0.1, -0.05) is 18.2 Å². The van der Waals surface area contributed by atoms with Crippen LogP contribution in [0.15, 0.2) is 36.5 Å². The lowest BCUT2D eigenvalue weighted by Gasteiger charge is -2.11.